The van der Waals surface area contributed by atoms with Crippen LogP contribution in [0.5, 0.6) is 11.5 Å². The summed E-state index contributed by atoms with van der Waals surface area (Å²) in [5.41, 5.74) is 5.46. The molecule has 32 heavy (non-hydrogen) atoms. The Hall–Kier alpha value is -3.99. The lowest BCUT2D eigenvalue weighted by Gasteiger charge is -2.16. The fourth-order valence-corrected chi connectivity index (χ4v) is 4.08. The second-order valence-corrected chi connectivity index (χ2v) is 7.92. The van der Waals surface area contributed by atoms with Gasteiger partial charge in [0.25, 0.3) is 5.91 Å². The van der Waals surface area contributed by atoms with E-state index >= 15 is 0 Å². The summed E-state index contributed by atoms with van der Waals surface area (Å²) < 4.78 is 19.0. The minimum absolute atomic E-state index is 0.0332. The highest BCUT2D eigenvalue weighted by Crippen LogP contribution is 2.32. The number of aromatic nitrogens is 1. The van der Waals surface area contributed by atoms with Crippen LogP contribution >= 0.6 is 0 Å². The fraction of sp³-hybridized carbons (Fsp3) is 0.111. The van der Waals surface area contributed by atoms with Crippen molar-refractivity contribution >= 4 is 5.91 Å². The lowest BCUT2D eigenvalue weighted by molar-refractivity contribution is 0.0766. The minimum atomic E-state index is -0.506. The van der Waals surface area contributed by atoms with E-state index in [9.17, 15) is 9.18 Å². The van der Waals surface area contributed by atoms with Gasteiger partial charge >= 0.3 is 0 Å². The average Bonchev–Trinajstić information content (AvgIpc) is 3.12. The second kappa shape index (κ2) is 8.27. The maximum absolute atomic E-state index is 13.2. The number of halogens is 1. The number of benzene rings is 3. The van der Waals surface area contributed by atoms with Crippen molar-refractivity contribution in [2.24, 2.45) is 0 Å². The normalized spacial score (nSPS) is 12.7. The molecule has 4 aromatic rings. The predicted molar refractivity (Wildman–Crippen MR) is 121 cm³/mol. The molecule has 0 radical (unpaired) electrons. The van der Waals surface area contributed by atoms with Crippen LogP contribution in [0.15, 0.2) is 85.1 Å². The van der Waals surface area contributed by atoms with Gasteiger partial charge in [0.05, 0.1) is 0 Å². The Morgan fingerprint density at radius 1 is 0.938 bits per heavy atom. The molecule has 5 rings (SSSR count). The molecular weight excluding hydrogens is 403 g/mol. The SMILES string of the molecule is Cc1cc(-c2ccc(F)nc2)cc2c1C(=O)N(Cc1ccc(Oc3ccccc3)cc1)C2. The molecular formula is C27H21FN2O2. The number of aryl methyl sites for hydroxylation is 1. The van der Waals surface area contributed by atoms with Crippen molar-refractivity contribution in [2.75, 3.05) is 0 Å². The molecule has 0 N–H and O–H groups in total. The number of rotatable bonds is 5. The third kappa shape index (κ3) is 3.97. The molecule has 0 saturated heterocycles. The maximum Gasteiger partial charge on any atom is 0.255 e. The zero-order valence-corrected chi connectivity index (χ0v) is 17.6. The lowest BCUT2D eigenvalue weighted by atomic mass is 9.97. The zero-order chi connectivity index (χ0) is 22.1. The van der Waals surface area contributed by atoms with Gasteiger partial charge in [0, 0.05) is 30.4 Å². The van der Waals surface area contributed by atoms with E-state index in [1.165, 1.54) is 12.3 Å². The van der Waals surface area contributed by atoms with Gasteiger partial charge in [-0.1, -0.05) is 36.4 Å². The van der Waals surface area contributed by atoms with Crippen molar-refractivity contribution in [1.29, 1.82) is 0 Å². The zero-order valence-electron chi connectivity index (χ0n) is 17.6. The molecule has 1 aliphatic rings. The number of hydrogen-bond donors (Lipinski definition) is 0. The maximum atomic E-state index is 13.2. The summed E-state index contributed by atoms with van der Waals surface area (Å²) in [6.07, 6.45) is 1.52. The Morgan fingerprint density at radius 2 is 1.69 bits per heavy atom. The van der Waals surface area contributed by atoms with Crippen molar-refractivity contribution in [3.8, 4) is 22.6 Å². The Morgan fingerprint density at radius 3 is 2.41 bits per heavy atom. The van der Waals surface area contributed by atoms with Gasteiger partial charge in [0.2, 0.25) is 5.95 Å². The largest absolute Gasteiger partial charge is 0.457 e. The lowest BCUT2D eigenvalue weighted by Crippen LogP contribution is -2.23. The van der Waals surface area contributed by atoms with Crippen LogP contribution in [0.4, 0.5) is 4.39 Å². The van der Waals surface area contributed by atoms with Crippen molar-refractivity contribution < 1.29 is 13.9 Å². The van der Waals surface area contributed by atoms with Gasteiger partial charge in [-0.3, -0.25) is 4.79 Å². The summed E-state index contributed by atoms with van der Waals surface area (Å²) in [5.74, 6) is 1.07. The third-order valence-electron chi connectivity index (χ3n) is 5.62. The van der Waals surface area contributed by atoms with E-state index in [0.717, 1.165) is 44.9 Å². The monoisotopic (exact) mass is 424 g/mol. The molecule has 0 bridgehead atoms. The van der Waals surface area contributed by atoms with Crippen LogP contribution in [0.2, 0.25) is 0 Å². The minimum Gasteiger partial charge on any atom is -0.457 e. The van der Waals surface area contributed by atoms with E-state index in [2.05, 4.69) is 4.98 Å². The molecule has 5 heteroatoms. The number of hydrogen-bond acceptors (Lipinski definition) is 3. The quantitative estimate of drug-likeness (QED) is 0.361. The van der Waals surface area contributed by atoms with Crippen molar-refractivity contribution in [3.63, 3.8) is 0 Å². The van der Waals surface area contributed by atoms with Crippen molar-refractivity contribution in [2.45, 2.75) is 20.0 Å². The first-order valence-electron chi connectivity index (χ1n) is 10.4. The highest BCUT2D eigenvalue weighted by molar-refractivity contribution is 6.00. The average molecular weight is 424 g/mol. The van der Waals surface area contributed by atoms with Crippen LogP contribution in [0.3, 0.4) is 0 Å². The molecule has 0 spiro atoms. The first kappa shape index (κ1) is 19.9. The first-order valence-corrected chi connectivity index (χ1v) is 10.4. The predicted octanol–water partition coefficient (Wildman–Crippen LogP) is 6.14. The van der Waals surface area contributed by atoms with Crippen LogP contribution in [-0.2, 0) is 13.1 Å². The number of amides is 1. The second-order valence-electron chi connectivity index (χ2n) is 7.92. The van der Waals surface area contributed by atoms with Gasteiger partial charge in [0.15, 0.2) is 0 Å². The van der Waals surface area contributed by atoms with Crippen LogP contribution in [0.1, 0.15) is 27.0 Å². The summed E-state index contributed by atoms with van der Waals surface area (Å²) in [6, 6.07) is 24.5. The molecule has 2 heterocycles. The van der Waals surface area contributed by atoms with Crippen molar-refractivity contribution in [1.82, 2.24) is 9.88 Å². The van der Waals surface area contributed by atoms with Crippen LogP contribution in [0.25, 0.3) is 11.1 Å². The first-order chi connectivity index (χ1) is 15.6. The number of fused-ring (bicyclic) bond motifs is 1. The number of nitrogens with zero attached hydrogens (tertiary/aromatic N) is 2. The number of ether oxygens (including phenoxy) is 1. The number of carbonyl (C=O) groups excluding carboxylic acids is 1. The smallest absolute Gasteiger partial charge is 0.255 e. The van der Waals surface area contributed by atoms with E-state index in [0.29, 0.717) is 13.1 Å². The van der Waals surface area contributed by atoms with Gasteiger partial charge < -0.3 is 9.64 Å². The number of pyridine rings is 1. The van der Waals surface area contributed by atoms with Crippen LogP contribution in [0, 0.1) is 12.9 Å². The summed E-state index contributed by atoms with van der Waals surface area (Å²) in [7, 11) is 0. The van der Waals surface area contributed by atoms with Crippen LogP contribution in [-0.4, -0.2) is 15.8 Å². The molecule has 1 aromatic heterocycles. The van der Waals surface area contributed by atoms with Gasteiger partial charge in [-0.2, -0.15) is 4.39 Å². The Labute approximate surface area is 185 Å². The molecule has 1 amide bonds. The number of para-hydroxylation sites is 1. The van der Waals surface area contributed by atoms with Gasteiger partial charge in [-0.25, -0.2) is 4.98 Å². The van der Waals surface area contributed by atoms with Crippen LogP contribution < -0.4 is 4.74 Å². The highest BCUT2D eigenvalue weighted by atomic mass is 19.1. The summed E-state index contributed by atoms with van der Waals surface area (Å²) >= 11 is 0. The van der Waals surface area contributed by atoms with E-state index in [-0.39, 0.29) is 5.91 Å². The topological polar surface area (TPSA) is 42.4 Å². The summed E-state index contributed by atoms with van der Waals surface area (Å²) in [4.78, 5) is 18.7. The molecule has 3 aromatic carbocycles. The van der Waals surface area contributed by atoms with Gasteiger partial charge in [-0.05, 0) is 71.6 Å². The van der Waals surface area contributed by atoms with Gasteiger partial charge in [0.1, 0.15) is 11.5 Å². The molecule has 158 valence electrons. The van der Waals surface area contributed by atoms with E-state index in [1.54, 1.807) is 6.07 Å². The van der Waals surface area contributed by atoms with E-state index in [4.69, 9.17) is 4.74 Å². The molecule has 0 saturated carbocycles. The standard InChI is InChI=1S/C27H21FN2O2/c1-18-13-21(20-9-12-25(28)29-15-20)14-22-17-30(27(31)26(18)22)16-19-7-10-24(11-8-19)32-23-5-3-2-4-6-23/h2-15H,16-17H2,1H3. The van der Waals surface area contributed by atoms with E-state index in [1.807, 2.05) is 78.6 Å². The van der Waals surface area contributed by atoms with Crippen molar-refractivity contribution in [3.05, 3.63) is 113 Å². The number of carbonyl (C=O) groups is 1. The molecule has 0 aliphatic carbocycles. The molecule has 0 atom stereocenters. The highest BCUT2D eigenvalue weighted by Gasteiger charge is 2.29. The Bertz CT molecular complexity index is 1270. The molecule has 0 fully saturated rings. The molecule has 0 unspecified atom stereocenters. The Balaban J connectivity index is 1.32. The van der Waals surface area contributed by atoms with E-state index < -0.39 is 5.95 Å². The summed E-state index contributed by atoms with van der Waals surface area (Å²) in [5, 5.41) is 0. The fourth-order valence-electron chi connectivity index (χ4n) is 4.08. The molecule has 4 nitrogen and oxygen atoms in total. The Kier molecular flexibility index (Phi) is 5.15. The van der Waals surface area contributed by atoms with Gasteiger partial charge in [-0.15, -0.1) is 0 Å². The molecule has 1 aliphatic heterocycles. The third-order valence-corrected chi connectivity index (χ3v) is 5.62. The summed E-state index contributed by atoms with van der Waals surface area (Å²) in [6.45, 7) is 3.00.